The van der Waals surface area contributed by atoms with Gasteiger partial charge in [-0.15, -0.1) is 0 Å². The minimum atomic E-state index is -1.28. The molecular formula is C12H13FN2O3S. The van der Waals surface area contributed by atoms with E-state index in [0.29, 0.717) is 12.3 Å². The molecule has 7 heteroatoms. The molecule has 2 rings (SSSR count). The molecular weight excluding hydrogens is 271 g/mol. The summed E-state index contributed by atoms with van der Waals surface area (Å²) in [5.41, 5.74) is -0.533. The number of aromatic carboxylic acids is 1. The smallest absolute Gasteiger partial charge is 0.337 e. The van der Waals surface area contributed by atoms with Crippen LogP contribution in [0.5, 0.6) is 0 Å². The summed E-state index contributed by atoms with van der Waals surface area (Å²) < 4.78 is 13.6. The number of amides is 1. The number of anilines is 1. The summed E-state index contributed by atoms with van der Waals surface area (Å²) >= 11 is 1.62. The molecule has 1 fully saturated rings. The first-order valence-corrected chi connectivity index (χ1v) is 6.89. The van der Waals surface area contributed by atoms with Gasteiger partial charge in [-0.3, -0.25) is 4.79 Å². The van der Waals surface area contributed by atoms with E-state index in [1.54, 1.807) is 11.8 Å². The van der Waals surface area contributed by atoms with Gasteiger partial charge in [0.25, 0.3) is 0 Å². The second-order valence-corrected chi connectivity index (χ2v) is 5.19. The van der Waals surface area contributed by atoms with Gasteiger partial charge in [-0.2, -0.15) is 11.8 Å². The van der Waals surface area contributed by atoms with E-state index in [2.05, 4.69) is 10.6 Å². The van der Waals surface area contributed by atoms with Crippen molar-refractivity contribution >= 4 is 29.3 Å². The second kappa shape index (κ2) is 6.03. The van der Waals surface area contributed by atoms with E-state index in [0.717, 1.165) is 11.8 Å². The van der Waals surface area contributed by atoms with Gasteiger partial charge in [0.1, 0.15) is 5.82 Å². The number of carboxylic acids is 1. The Morgan fingerprint density at radius 2 is 2.26 bits per heavy atom. The van der Waals surface area contributed by atoms with Gasteiger partial charge >= 0.3 is 5.97 Å². The highest BCUT2D eigenvalue weighted by atomic mass is 32.2. The summed E-state index contributed by atoms with van der Waals surface area (Å²) in [6.45, 7) is 0.700. The Balaban J connectivity index is 2.18. The van der Waals surface area contributed by atoms with E-state index in [1.807, 2.05) is 0 Å². The highest BCUT2D eigenvalue weighted by Crippen LogP contribution is 2.20. The molecule has 1 aliphatic heterocycles. The van der Waals surface area contributed by atoms with Gasteiger partial charge in [0, 0.05) is 18.1 Å². The van der Waals surface area contributed by atoms with Crippen molar-refractivity contribution in [3.8, 4) is 0 Å². The van der Waals surface area contributed by atoms with Gasteiger partial charge in [0.2, 0.25) is 5.91 Å². The fourth-order valence-corrected chi connectivity index (χ4v) is 2.71. The van der Waals surface area contributed by atoms with Crippen LogP contribution in [0, 0.1) is 5.82 Å². The summed E-state index contributed by atoms with van der Waals surface area (Å²) in [6.07, 6.45) is 0. The van der Waals surface area contributed by atoms with Crippen molar-refractivity contribution in [1.29, 1.82) is 0 Å². The number of carbonyl (C=O) groups excluding carboxylic acids is 1. The van der Waals surface area contributed by atoms with E-state index < -0.39 is 23.7 Å². The third kappa shape index (κ3) is 3.24. The first kappa shape index (κ1) is 13.8. The molecule has 3 N–H and O–H groups in total. The monoisotopic (exact) mass is 284 g/mol. The lowest BCUT2D eigenvalue weighted by molar-refractivity contribution is -0.117. The predicted octanol–water partition coefficient (Wildman–Crippen LogP) is 1.17. The van der Waals surface area contributed by atoms with Crippen LogP contribution in [0.1, 0.15) is 10.4 Å². The number of benzene rings is 1. The minimum Gasteiger partial charge on any atom is -0.478 e. The number of halogens is 1. The van der Waals surface area contributed by atoms with Gasteiger partial charge < -0.3 is 15.7 Å². The number of hydrogen-bond acceptors (Lipinski definition) is 4. The number of carboxylic acid groups (broad SMARTS) is 1. The number of rotatable bonds is 3. The predicted molar refractivity (Wildman–Crippen MR) is 71.1 cm³/mol. The molecule has 1 aliphatic rings. The van der Waals surface area contributed by atoms with Crippen molar-refractivity contribution in [1.82, 2.24) is 5.32 Å². The molecule has 1 aromatic rings. The quantitative estimate of drug-likeness (QED) is 0.776. The summed E-state index contributed by atoms with van der Waals surface area (Å²) in [5.74, 6) is -0.940. The molecule has 1 saturated heterocycles. The molecule has 1 amide bonds. The molecule has 0 aromatic heterocycles. The molecule has 1 heterocycles. The third-order valence-corrected chi connectivity index (χ3v) is 3.79. The lowest BCUT2D eigenvalue weighted by Crippen LogP contribution is -2.46. The average molecular weight is 284 g/mol. The van der Waals surface area contributed by atoms with E-state index in [4.69, 9.17) is 5.11 Å². The van der Waals surface area contributed by atoms with E-state index in [9.17, 15) is 14.0 Å². The van der Waals surface area contributed by atoms with Crippen molar-refractivity contribution in [2.75, 3.05) is 23.4 Å². The van der Waals surface area contributed by atoms with Crippen molar-refractivity contribution in [3.05, 3.63) is 29.6 Å². The normalized spacial score (nSPS) is 18.9. The zero-order valence-electron chi connectivity index (χ0n) is 9.98. The van der Waals surface area contributed by atoms with E-state index in [1.165, 1.54) is 12.1 Å². The Bertz CT molecular complexity index is 504. The van der Waals surface area contributed by atoms with Crippen molar-refractivity contribution in [2.45, 2.75) is 6.04 Å². The standard InChI is InChI=1S/C12H13FN2O3S/c13-8-3-1-2-7(12(17)18)10(8)15-11(16)9-6-19-5-4-14-9/h1-3,9,14H,4-6H2,(H,15,16)(H,17,18). The molecule has 0 bridgehead atoms. The van der Waals surface area contributed by atoms with Crippen LogP contribution in [0.15, 0.2) is 18.2 Å². The van der Waals surface area contributed by atoms with Crippen LogP contribution in [0.3, 0.4) is 0 Å². The van der Waals surface area contributed by atoms with E-state index >= 15 is 0 Å². The number of carbonyl (C=O) groups is 2. The molecule has 102 valence electrons. The molecule has 1 aromatic carbocycles. The highest BCUT2D eigenvalue weighted by Gasteiger charge is 2.24. The third-order valence-electron chi connectivity index (χ3n) is 2.73. The fraction of sp³-hybridized carbons (Fsp3) is 0.333. The van der Waals surface area contributed by atoms with Gasteiger partial charge in [0.05, 0.1) is 17.3 Å². The largest absolute Gasteiger partial charge is 0.478 e. The molecule has 5 nitrogen and oxygen atoms in total. The molecule has 0 radical (unpaired) electrons. The highest BCUT2D eigenvalue weighted by molar-refractivity contribution is 7.99. The van der Waals surface area contributed by atoms with Crippen LogP contribution in [-0.4, -0.2) is 41.1 Å². The number of thioether (sulfide) groups is 1. The molecule has 0 saturated carbocycles. The van der Waals surface area contributed by atoms with Crippen LogP contribution in [-0.2, 0) is 4.79 Å². The van der Waals surface area contributed by atoms with Crippen LogP contribution in [0.2, 0.25) is 0 Å². The number of para-hydroxylation sites is 1. The Hall–Kier alpha value is -1.60. The van der Waals surface area contributed by atoms with Crippen LogP contribution in [0.4, 0.5) is 10.1 Å². The first-order valence-electron chi connectivity index (χ1n) is 5.73. The van der Waals surface area contributed by atoms with Gasteiger partial charge in [-0.05, 0) is 12.1 Å². The molecule has 19 heavy (non-hydrogen) atoms. The number of hydrogen-bond donors (Lipinski definition) is 3. The maximum Gasteiger partial charge on any atom is 0.337 e. The Labute approximate surface area is 113 Å². The number of nitrogens with one attached hydrogen (secondary N) is 2. The summed E-state index contributed by atoms with van der Waals surface area (Å²) in [7, 11) is 0. The lowest BCUT2D eigenvalue weighted by Gasteiger charge is -2.22. The lowest BCUT2D eigenvalue weighted by atomic mass is 10.1. The van der Waals surface area contributed by atoms with Gasteiger partial charge in [-0.25, -0.2) is 9.18 Å². The Morgan fingerprint density at radius 3 is 2.89 bits per heavy atom. The van der Waals surface area contributed by atoms with Gasteiger partial charge in [0.15, 0.2) is 0 Å². The van der Waals surface area contributed by atoms with Crippen LogP contribution in [0.25, 0.3) is 0 Å². The van der Waals surface area contributed by atoms with Crippen molar-refractivity contribution in [3.63, 3.8) is 0 Å². The first-order chi connectivity index (χ1) is 9.09. The second-order valence-electron chi connectivity index (χ2n) is 4.04. The SMILES string of the molecule is O=C(O)c1cccc(F)c1NC(=O)C1CSCCN1. The minimum absolute atomic E-state index is 0.253. The van der Waals surface area contributed by atoms with E-state index in [-0.39, 0.29) is 11.3 Å². The molecule has 1 unspecified atom stereocenters. The Kier molecular flexibility index (Phi) is 4.39. The molecule has 0 spiro atoms. The zero-order valence-corrected chi connectivity index (χ0v) is 10.8. The maximum atomic E-state index is 13.6. The topological polar surface area (TPSA) is 78.4 Å². The summed E-state index contributed by atoms with van der Waals surface area (Å²) in [6, 6.07) is 3.23. The van der Waals surface area contributed by atoms with Crippen LogP contribution < -0.4 is 10.6 Å². The maximum absolute atomic E-state index is 13.6. The Morgan fingerprint density at radius 1 is 1.47 bits per heavy atom. The van der Waals surface area contributed by atoms with Crippen LogP contribution >= 0.6 is 11.8 Å². The van der Waals surface area contributed by atoms with Crippen molar-refractivity contribution < 1.29 is 19.1 Å². The van der Waals surface area contributed by atoms with Gasteiger partial charge in [-0.1, -0.05) is 6.07 Å². The van der Waals surface area contributed by atoms with Crippen molar-refractivity contribution in [2.24, 2.45) is 0 Å². The molecule has 0 aliphatic carbocycles. The summed E-state index contributed by atoms with van der Waals surface area (Å²) in [5, 5.41) is 14.3. The zero-order chi connectivity index (χ0) is 13.8. The summed E-state index contributed by atoms with van der Waals surface area (Å²) in [4.78, 5) is 22.9. The average Bonchev–Trinajstić information content (AvgIpc) is 2.41. The molecule has 1 atom stereocenters. The fourth-order valence-electron chi connectivity index (χ4n) is 1.77.